The van der Waals surface area contributed by atoms with E-state index in [0.717, 1.165) is 5.92 Å². The Morgan fingerprint density at radius 1 is 1.27 bits per heavy atom. The summed E-state index contributed by atoms with van der Waals surface area (Å²) in [5, 5.41) is 2.63. The highest BCUT2D eigenvalue weighted by Gasteiger charge is 2.20. The Hall–Kier alpha value is 1.14. The predicted octanol–water partition coefficient (Wildman–Crippen LogP) is 3.87. The molecular weight excluding hydrogens is 266 g/mol. The minimum absolute atomic E-state index is 0.403. The molecule has 0 heterocycles. The quantitative estimate of drug-likeness (QED) is 0.548. The van der Waals surface area contributed by atoms with E-state index in [1.165, 1.54) is 0 Å². The average molecular weight is 285 g/mol. The van der Waals surface area contributed by atoms with Gasteiger partial charge in [0.25, 0.3) is 0 Å². The van der Waals surface area contributed by atoms with Gasteiger partial charge in [-0.25, -0.2) is 0 Å². The number of hydrogen-bond acceptors (Lipinski definition) is 1. The van der Waals surface area contributed by atoms with Crippen LogP contribution in [0.25, 0.3) is 0 Å². The Kier molecular flexibility index (Phi) is 10.4. The second-order valence-corrected chi connectivity index (χ2v) is 4.93. The summed E-state index contributed by atoms with van der Waals surface area (Å²) in [7, 11) is 0. The lowest BCUT2D eigenvalue weighted by molar-refractivity contribution is 0.480. The molecule has 0 aromatic heterocycles. The molecule has 11 heavy (non-hydrogen) atoms. The summed E-state index contributed by atoms with van der Waals surface area (Å²) in [6, 6.07) is 0. The van der Waals surface area contributed by atoms with E-state index in [1.54, 1.807) is 11.8 Å². The average Bonchev–Trinajstić information content (AvgIpc) is 1.89. The Labute approximate surface area is 90.4 Å². The molecule has 0 aliphatic heterocycles. The fourth-order valence-electron chi connectivity index (χ4n) is 0.126. The summed E-state index contributed by atoms with van der Waals surface area (Å²) in [6.07, 6.45) is 4.08. The van der Waals surface area contributed by atoms with E-state index in [-0.39, 0.29) is 0 Å². The number of hydrogen-bond donors (Lipinski definition) is 0. The van der Waals surface area contributed by atoms with Crippen molar-refractivity contribution >= 4 is 39.3 Å². The van der Waals surface area contributed by atoms with Gasteiger partial charge in [0, 0.05) is 0 Å². The van der Waals surface area contributed by atoms with E-state index in [2.05, 4.69) is 55.2 Å². The maximum Gasteiger partial charge on any atom is 0.206 e. The Bertz CT molecular complexity index is 84.2. The molecule has 3 heteroatoms. The normalized spacial score (nSPS) is 10.5. The molecule has 0 saturated carbocycles. The zero-order valence-corrected chi connectivity index (χ0v) is 11.4. The van der Waals surface area contributed by atoms with E-state index in [0.29, 0.717) is 5.31 Å². The molecule has 0 aromatic carbocycles. The third-order valence-electron chi connectivity index (χ3n) is 1.77. The second-order valence-electron chi connectivity index (χ2n) is 3.49. The van der Waals surface area contributed by atoms with Crippen molar-refractivity contribution in [2.75, 3.05) is 12.5 Å². The molecule has 0 spiro atoms. The predicted molar refractivity (Wildman–Crippen MR) is 68.1 cm³/mol. The monoisotopic (exact) mass is 285 g/mol. The first kappa shape index (κ1) is 14.7. The molecular formula is C8H19BIS. The molecule has 0 aliphatic rings. The summed E-state index contributed by atoms with van der Waals surface area (Å²) in [6.45, 7) is 9.00. The lowest BCUT2D eigenvalue weighted by atomic mass is 9.65. The van der Waals surface area contributed by atoms with Crippen LogP contribution in [-0.4, -0.2) is 17.6 Å². The van der Waals surface area contributed by atoms with Crippen molar-refractivity contribution in [2.24, 2.45) is 5.92 Å². The zero-order valence-electron chi connectivity index (χ0n) is 8.44. The lowest BCUT2D eigenvalue weighted by Crippen LogP contribution is -2.14. The maximum absolute atomic E-state index is 2.32. The molecule has 0 rings (SSSR count). The van der Waals surface area contributed by atoms with Crippen molar-refractivity contribution in [3.8, 4) is 0 Å². The smallest absolute Gasteiger partial charge is 0.169 e. The van der Waals surface area contributed by atoms with Crippen molar-refractivity contribution < 1.29 is 0 Å². The van der Waals surface area contributed by atoms with E-state index in [4.69, 9.17) is 0 Å². The Morgan fingerprint density at radius 2 is 1.55 bits per heavy atom. The number of halogens is 1. The second kappa shape index (κ2) is 7.78. The minimum atomic E-state index is 0.403. The van der Waals surface area contributed by atoms with Gasteiger partial charge in [-0.3, -0.25) is 0 Å². The van der Waals surface area contributed by atoms with Crippen LogP contribution in [0.4, 0.5) is 0 Å². The van der Waals surface area contributed by atoms with Gasteiger partial charge in [0.1, 0.15) is 0 Å². The van der Waals surface area contributed by atoms with Gasteiger partial charge in [-0.15, -0.1) is 0 Å². The fourth-order valence-corrected chi connectivity index (χ4v) is 0.845. The molecule has 0 saturated heterocycles. The van der Waals surface area contributed by atoms with Gasteiger partial charge in [-0.2, -0.15) is 34.1 Å². The van der Waals surface area contributed by atoms with Gasteiger partial charge >= 0.3 is 0 Å². The summed E-state index contributed by atoms with van der Waals surface area (Å²) in [5.74, 6) is 0.749. The van der Waals surface area contributed by atoms with Crippen molar-refractivity contribution in [2.45, 2.75) is 33.0 Å². The van der Waals surface area contributed by atoms with Gasteiger partial charge in [0.15, 0.2) is 0 Å². The molecule has 0 nitrogen and oxygen atoms in total. The zero-order chi connectivity index (χ0) is 9.49. The molecule has 0 bridgehead atoms. The van der Waals surface area contributed by atoms with Crippen LogP contribution >= 0.6 is 34.1 Å². The number of thioether (sulfide) groups is 1. The molecule has 0 N–H and O–H groups in total. The van der Waals surface area contributed by atoms with Crippen molar-refractivity contribution in [1.29, 1.82) is 0 Å². The first-order valence-electron chi connectivity index (χ1n) is 3.77. The lowest BCUT2D eigenvalue weighted by Gasteiger charge is -2.25. The summed E-state index contributed by atoms with van der Waals surface area (Å²) in [4.78, 5) is 0. The molecule has 1 radical (unpaired) electrons. The van der Waals surface area contributed by atoms with Crippen LogP contribution < -0.4 is 0 Å². The topological polar surface area (TPSA) is 0 Å². The largest absolute Gasteiger partial charge is 0.206 e. The number of rotatable bonds is 2. The van der Waals surface area contributed by atoms with Crippen LogP contribution in [0.1, 0.15) is 27.7 Å². The Balaban J connectivity index is 0. The highest BCUT2D eigenvalue weighted by molar-refractivity contribution is 14.1. The molecule has 67 valence electrons. The van der Waals surface area contributed by atoms with Crippen LogP contribution in [0, 0.1) is 5.92 Å². The first-order valence-corrected chi connectivity index (χ1v) is 6.65. The molecule has 0 fully saturated rings. The molecule has 0 amide bonds. The van der Waals surface area contributed by atoms with Gasteiger partial charge < -0.3 is 0 Å². The minimum Gasteiger partial charge on any atom is -0.169 e. The van der Waals surface area contributed by atoms with Crippen LogP contribution in [0.15, 0.2) is 0 Å². The van der Waals surface area contributed by atoms with E-state index >= 15 is 0 Å². The maximum atomic E-state index is 2.32. The van der Waals surface area contributed by atoms with E-state index < -0.39 is 0 Å². The third kappa shape index (κ3) is 9.06. The highest BCUT2D eigenvalue weighted by atomic mass is 127. The standard InChI is InChI=1S/C6H13BI.C2H6S/c1-5(2)6(3,4)7-8;1-3-2/h5H,1-4H3;1-2H3. The van der Waals surface area contributed by atoms with Crippen molar-refractivity contribution in [3.63, 3.8) is 0 Å². The Morgan fingerprint density at radius 3 is 1.55 bits per heavy atom. The van der Waals surface area contributed by atoms with Gasteiger partial charge in [-0.05, 0) is 23.7 Å². The van der Waals surface area contributed by atoms with Crippen molar-refractivity contribution in [3.05, 3.63) is 0 Å². The van der Waals surface area contributed by atoms with Crippen LogP contribution in [0.2, 0.25) is 5.31 Å². The van der Waals surface area contributed by atoms with Crippen LogP contribution in [0.3, 0.4) is 0 Å². The first-order chi connectivity index (χ1) is 4.92. The fraction of sp³-hybridized carbons (Fsp3) is 1.00. The summed E-state index contributed by atoms with van der Waals surface area (Å²) >= 11 is 4.07. The van der Waals surface area contributed by atoms with Gasteiger partial charge in [-0.1, -0.05) is 27.7 Å². The van der Waals surface area contributed by atoms with Crippen LogP contribution in [-0.2, 0) is 0 Å². The summed E-state index contributed by atoms with van der Waals surface area (Å²) in [5.41, 5.74) is 0. The molecule has 0 unspecified atom stereocenters. The highest BCUT2D eigenvalue weighted by Crippen LogP contribution is 2.33. The third-order valence-corrected chi connectivity index (χ3v) is 3.37. The SMILES string of the molecule is CC(C)C(C)(C)[B]I.CSC. The summed E-state index contributed by atoms with van der Waals surface area (Å²) < 4.78 is 0. The molecule has 0 atom stereocenters. The van der Waals surface area contributed by atoms with Crippen molar-refractivity contribution in [1.82, 2.24) is 0 Å². The molecule has 0 aliphatic carbocycles. The van der Waals surface area contributed by atoms with Gasteiger partial charge in [0.05, 0.1) is 0 Å². The van der Waals surface area contributed by atoms with Gasteiger partial charge in [0.2, 0.25) is 5.14 Å². The van der Waals surface area contributed by atoms with Crippen LogP contribution in [0.5, 0.6) is 0 Å². The molecule has 0 aromatic rings. The van der Waals surface area contributed by atoms with E-state index in [1.807, 2.05) is 12.5 Å². The van der Waals surface area contributed by atoms with E-state index in [9.17, 15) is 0 Å².